The van der Waals surface area contributed by atoms with Crippen LogP contribution in [0.2, 0.25) is 0 Å². The van der Waals surface area contributed by atoms with Crippen LogP contribution in [0.1, 0.15) is 19.2 Å². The van der Waals surface area contributed by atoms with Gasteiger partial charge in [-0.15, -0.1) is 0 Å². The third kappa shape index (κ3) is 4.13. The Morgan fingerprint density at radius 2 is 2.05 bits per heavy atom. The van der Waals surface area contributed by atoms with Crippen LogP contribution in [-0.2, 0) is 13.6 Å². The smallest absolute Gasteiger partial charge is 0.276 e. The van der Waals surface area contributed by atoms with Crippen LogP contribution in [0.15, 0.2) is 18.5 Å². The molecule has 0 unspecified atom stereocenters. The first-order valence-electron chi connectivity index (χ1n) is 6.57. The van der Waals surface area contributed by atoms with Crippen molar-refractivity contribution in [3.63, 3.8) is 0 Å². The van der Waals surface area contributed by atoms with Crippen LogP contribution in [-0.4, -0.2) is 31.2 Å². The van der Waals surface area contributed by atoms with Crippen molar-refractivity contribution in [1.29, 1.82) is 0 Å². The molecule has 0 spiro atoms. The monoisotopic (exact) mass is 291 g/mol. The second-order valence-electron chi connectivity index (χ2n) is 4.47. The summed E-state index contributed by atoms with van der Waals surface area (Å²) >= 11 is 0. The maximum atomic E-state index is 11.0. The van der Waals surface area contributed by atoms with Gasteiger partial charge < -0.3 is 10.6 Å². The van der Waals surface area contributed by atoms with Gasteiger partial charge in [-0.1, -0.05) is 6.92 Å². The number of aryl methyl sites for hydroxylation is 1. The van der Waals surface area contributed by atoms with Gasteiger partial charge >= 0.3 is 0 Å². The first-order valence-corrected chi connectivity index (χ1v) is 6.57. The zero-order chi connectivity index (χ0) is 15.2. The highest BCUT2D eigenvalue weighted by atomic mass is 16.6. The highest BCUT2D eigenvalue weighted by Gasteiger charge is 2.11. The van der Waals surface area contributed by atoms with E-state index < -0.39 is 4.92 Å². The third-order valence-corrected chi connectivity index (χ3v) is 2.65. The van der Waals surface area contributed by atoms with Crippen LogP contribution < -0.4 is 10.6 Å². The van der Waals surface area contributed by atoms with Crippen LogP contribution in [0.5, 0.6) is 0 Å². The second kappa shape index (κ2) is 6.64. The fraction of sp³-hybridized carbons (Fsp3) is 0.417. The summed E-state index contributed by atoms with van der Waals surface area (Å²) in [5, 5.41) is 21.1. The highest BCUT2D eigenvalue weighted by Crippen LogP contribution is 2.20. The number of rotatable bonds is 7. The van der Waals surface area contributed by atoms with Crippen molar-refractivity contribution >= 4 is 17.3 Å². The Hall–Kier alpha value is -2.71. The van der Waals surface area contributed by atoms with Gasteiger partial charge in [-0.25, -0.2) is 9.97 Å². The molecule has 0 bridgehead atoms. The van der Waals surface area contributed by atoms with Crippen molar-refractivity contribution in [3.05, 3.63) is 34.4 Å². The molecule has 0 aliphatic carbocycles. The molecule has 112 valence electrons. The average Bonchev–Trinajstić information content (AvgIpc) is 2.88. The van der Waals surface area contributed by atoms with Crippen LogP contribution in [0.25, 0.3) is 0 Å². The summed E-state index contributed by atoms with van der Waals surface area (Å²) in [6.45, 7) is 3.06. The highest BCUT2D eigenvalue weighted by molar-refractivity contribution is 5.54. The number of nitrogens with one attached hydrogen (secondary N) is 2. The first-order chi connectivity index (χ1) is 10.1. The zero-order valence-corrected chi connectivity index (χ0v) is 11.9. The maximum absolute atomic E-state index is 11.0. The molecule has 0 amide bonds. The number of hydrogen-bond donors (Lipinski definition) is 2. The minimum absolute atomic E-state index is 0.0138. The molecule has 0 radical (unpaired) electrons. The van der Waals surface area contributed by atoms with E-state index in [1.54, 1.807) is 18.1 Å². The van der Waals surface area contributed by atoms with Gasteiger partial charge in [-0.3, -0.25) is 14.8 Å². The molecule has 2 heterocycles. The topological polar surface area (TPSA) is 111 Å². The Morgan fingerprint density at radius 1 is 1.33 bits per heavy atom. The number of nitrogens with zero attached hydrogens (tertiary/aromatic N) is 5. The van der Waals surface area contributed by atoms with E-state index in [4.69, 9.17) is 0 Å². The summed E-state index contributed by atoms with van der Waals surface area (Å²) in [5.41, 5.74) is -0.0138. The SMILES string of the molecule is CCCNc1cc([N+](=O)[O-])cc(NCc2ncn(C)n2)n1. The Morgan fingerprint density at radius 3 is 2.62 bits per heavy atom. The van der Waals surface area contributed by atoms with E-state index >= 15 is 0 Å². The number of anilines is 2. The number of pyridine rings is 1. The van der Waals surface area contributed by atoms with Crippen LogP contribution in [0.3, 0.4) is 0 Å². The van der Waals surface area contributed by atoms with Crippen molar-refractivity contribution in [2.75, 3.05) is 17.2 Å². The summed E-state index contributed by atoms with van der Waals surface area (Å²) in [5.74, 6) is 1.48. The molecule has 0 fully saturated rings. The van der Waals surface area contributed by atoms with Crippen molar-refractivity contribution in [1.82, 2.24) is 19.7 Å². The molecule has 2 N–H and O–H groups in total. The predicted molar refractivity (Wildman–Crippen MR) is 78.0 cm³/mol. The lowest BCUT2D eigenvalue weighted by Crippen LogP contribution is -2.08. The lowest BCUT2D eigenvalue weighted by atomic mass is 10.3. The lowest BCUT2D eigenvalue weighted by molar-refractivity contribution is -0.384. The first kappa shape index (κ1) is 14.7. The molecule has 2 rings (SSSR count). The normalized spacial score (nSPS) is 10.4. The van der Waals surface area contributed by atoms with Gasteiger partial charge in [0.1, 0.15) is 18.0 Å². The molecule has 0 saturated heterocycles. The van der Waals surface area contributed by atoms with E-state index in [0.29, 0.717) is 30.5 Å². The number of hydrogen-bond acceptors (Lipinski definition) is 7. The molecule has 0 atom stereocenters. The molecule has 0 aromatic carbocycles. The van der Waals surface area contributed by atoms with Crippen LogP contribution >= 0.6 is 0 Å². The quantitative estimate of drug-likeness (QED) is 0.588. The van der Waals surface area contributed by atoms with Crippen LogP contribution in [0, 0.1) is 10.1 Å². The van der Waals surface area contributed by atoms with Gasteiger partial charge in [0.15, 0.2) is 5.82 Å². The largest absolute Gasteiger partial charge is 0.370 e. The second-order valence-corrected chi connectivity index (χ2v) is 4.47. The van der Waals surface area contributed by atoms with E-state index in [1.807, 2.05) is 6.92 Å². The lowest BCUT2D eigenvalue weighted by Gasteiger charge is -2.08. The molecule has 0 aliphatic heterocycles. The molecule has 21 heavy (non-hydrogen) atoms. The maximum Gasteiger partial charge on any atom is 0.276 e. The van der Waals surface area contributed by atoms with E-state index in [-0.39, 0.29) is 5.69 Å². The number of aromatic nitrogens is 4. The van der Waals surface area contributed by atoms with Gasteiger partial charge in [0.2, 0.25) is 0 Å². The Bertz CT molecular complexity index is 626. The molecular weight excluding hydrogens is 274 g/mol. The third-order valence-electron chi connectivity index (χ3n) is 2.65. The summed E-state index contributed by atoms with van der Waals surface area (Å²) in [6.07, 6.45) is 2.50. The van der Waals surface area contributed by atoms with E-state index in [0.717, 1.165) is 6.42 Å². The number of nitro groups is 1. The minimum atomic E-state index is -0.441. The molecule has 0 saturated carbocycles. The molecule has 9 nitrogen and oxygen atoms in total. The van der Waals surface area contributed by atoms with Gasteiger partial charge in [-0.2, -0.15) is 5.10 Å². The van der Waals surface area contributed by atoms with Crippen molar-refractivity contribution in [3.8, 4) is 0 Å². The standard InChI is InChI=1S/C12H17N7O2/c1-3-4-13-10-5-9(19(20)21)6-11(16-10)14-7-12-15-8-18(2)17-12/h5-6,8H,3-4,7H2,1-2H3,(H2,13,14,16). The molecule has 2 aromatic heterocycles. The van der Waals surface area contributed by atoms with Gasteiger partial charge in [-0.05, 0) is 6.42 Å². The van der Waals surface area contributed by atoms with Crippen molar-refractivity contribution in [2.24, 2.45) is 7.05 Å². The fourth-order valence-corrected chi connectivity index (χ4v) is 1.69. The Kier molecular flexibility index (Phi) is 4.64. The van der Waals surface area contributed by atoms with E-state index in [9.17, 15) is 10.1 Å². The van der Waals surface area contributed by atoms with E-state index in [2.05, 4.69) is 25.7 Å². The van der Waals surface area contributed by atoms with Crippen LogP contribution in [0.4, 0.5) is 17.3 Å². The predicted octanol–water partition coefficient (Wildman–Crippen LogP) is 1.55. The molecule has 0 aliphatic rings. The molecular formula is C12H17N7O2. The minimum Gasteiger partial charge on any atom is -0.370 e. The van der Waals surface area contributed by atoms with Gasteiger partial charge in [0.25, 0.3) is 5.69 Å². The summed E-state index contributed by atoms with van der Waals surface area (Å²) in [4.78, 5) is 18.9. The van der Waals surface area contributed by atoms with Gasteiger partial charge in [0.05, 0.1) is 23.6 Å². The summed E-state index contributed by atoms with van der Waals surface area (Å²) < 4.78 is 1.59. The molecule has 2 aromatic rings. The average molecular weight is 291 g/mol. The summed E-state index contributed by atoms with van der Waals surface area (Å²) in [7, 11) is 1.77. The zero-order valence-electron chi connectivity index (χ0n) is 11.9. The van der Waals surface area contributed by atoms with Crippen molar-refractivity contribution < 1.29 is 4.92 Å². The van der Waals surface area contributed by atoms with Crippen molar-refractivity contribution in [2.45, 2.75) is 19.9 Å². The Balaban J connectivity index is 2.12. The van der Waals surface area contributed by atoms with E-state index in [1.165, 1.54) is 12.1 Å². The van der Waals surface area contributed by atoms with Gasteiger partial charge in [0, 0.05) is 13.6 Å². The molecule has 9 heteroatoms. The summed E-state index contributed by atoms with van der Waals surface area (Å²) in [6, 6.07) is 2.81. The Labute approximate surface area is 121 Å². The fourth-order valence-electron chi connectivity index (χ4n) is 1.69.